The Morgan fingerprint density at radius 3 is 3.07 bits per heavy atom. The van der Waals surface area contributed by atoms with Crippen LogP contribution in [0, 0.1) is 12.3 Å². The zero-order valence-corrected chi connectivity index (χ0v) is 8.58. The second kappa shape index (κ2) is 5.05. The van der Waals surface area contributed by atoms with Gasteiger partial charge in [-0.1, -0.05) is 19.3 Å². The third-order valence-corrected chi connectivity index (χ3v) is 2.00. The number of nitrogens with one attached hydrogen (secondary N) is 2. The van der Waals surface area contributed by atoms with E-state index in [-0.39, 0.29) is 17.8 Å². The molecule has 80 valence electrons. The first-order valence-corrected chi connectivity index (χ1v) is 4.74. The molecule has 1 rings (SSSR count). The largest absolute Gasteiger partial charge is 0.383 e. The molecule has 1 aromatic rings. The predicted molar refractivity (Wildman–Crippen MR) is 58.0 cm³/mol. The van der Waals surface area contributed by atoms with Gasteiger partial charge in [0.15, 0.2) is 0 Å². The third-order valence-electron chi connectivity index (χ3n) is 2.00. The summed E-state index contributed by atoms with van der Waals surface area (Å²) in [6.45, 7) is 2.00. The van der Waals surface area contributed by atoms with Gasteiger partial charge >= 0.3 is 0 Å². The van der Waals surface area contributed by atoms with Crippen molar-refractivity contribution in [2.45, 2.75) is 25.8 Å². The highest BCUT2D eigenvalue weighted by molar-refractivity contribution is 5.98. The number of aromatic amines is 1. The molecule has 1 atom stereocenters. The van der Waals surface area contributed by atoms with Crippen LogP contribution in [0.15, 0.2) is 6.20 Å². The molecule has 1 unspecified atom stereocenters. The molecular formula is C10H14N4O. The molecule has 0 aliphatic heterocycles. The van der Waals surface area contributed by atoms with E-state index in [9.17, 15) is 4.79 Å². The van der Waals surface area contributed by atoms with Gasteiger partial charge < -0.3 is 11.1 Å². The average Bonchev–Trinajstić information content (AvgIpc) is 2.63. The summed E-state index contributed by atoms with van der Waals surface area (Å²) in [5, 5.41) is 8.84. The van der Waals surface area contributed by atoms with Gasteiger partial charge in [-0.15, -0.1) is 6.42 Å². The first-order valence-electron chi connectivity index (χ1n) is 4.74. The number of nitrogens with two attached hydrogens (primary N) is 1. The molecule has 4 N–H and O–H groups in total. The molecule has 0 saturated carbocycles. The van der Waals surface area contributed by atoms with Crippen LogP contribution in [-0.2, 0) is 0 Å². The summed E-state index contributed by atoms with van der Waals surface area (Å²) in [7, 11) is 0. The summed E-state index contributed by atoms with van der Waals surface area (Å²) in [5.74, 6) is 2.47. The number of nitrogens with zero attached hydrogens (tertiary/aromatic N) is 1. The van der Waals surface area contributed by atoms with Gasteiger partial charge in [0.1, 0.15) is 11.4 Å². The van der Waals surface area contributed by atoms with E-state index >= 15 is 0 Å². The van der Waals surface area contributed by atoms with Crippen LogP contribution in [0.4, 0.5) is 5.82 Å². The number of anilines is 1. The molecule has 5 heteroatoms. The van der Waals surface area contributed by atoms with Crippen LogP contribution >= 0.6 is 0 Å². The molecule has 0 aliphatic rings. The van der Waals surface area contributed by atoms with Crippen molar-refractivity contribution in [2.24, 2.45) is 0 Å². The highest BCUT2D eigenvalue weighted by atomic mass is 16.1. The molecule has 1 amide bonds. The van der Waals surface area contributed by atoms with Crippen LogP contribution < -0.4 is 11.1 Å². The Balaban J connectivity index is 2.64. The lowest BCUT2D eigenvalue weighted by Crippen LogP contribution is -2.33. The van der Waals surface area contributed by atoms with E-state index in [2.05, 4.69) is 21.4 Å². The predicted octanol–water partition coefficient (Wildman–Crippen LogP) is 0.524. The molecule has 0 bridgehead atoms. The standard InChI is InChI=1S/C10H14N4O/c1-3-5-7(4-2)13-10(15)8-6-12-14-9(8)11/h2,6-7H,3,5H2,1H3,(H,13,15)(H3,11,12,14). The molecule has 5 nitrogen and oxygen atoms in total. The molecule has 15 heavy (non-hydrogen) atoms. The number of amides is 1. The molecule has 0 saturated heterocycles. The number of hydrogen-bond acceptors (Lipinski definition) is 3. The smallest absolute Gasteiger partial charge is 0.257 e. The number of carbonyl (C=O) groups excluding carboxylic acids is 1. The Labute approximate surface area is 88.4 Å². The van der Waals surface area contributed by atoms with Crippen LogP contribution in [0.5, 0.6) is 0 Å². The lowest BCUT2D eigenvalue weighted by molar-refractivity contribution is 0.0945. The number of carbonyl (C=O) groups is 1. The number of rotatable bonds is 4. The van der Waals surface area contributed by atoms with Crippen molar-refractivity contribution < 1.29 is 4.79 Å². The molecule has 1 aromatic heterocycles. The van der Waals surface area contributed by atoms with Crippen LogP contribution in [0.1, 0.15) is 30.1 Å². The van der Waals surface area contributed by atoms with Crippen LogP contribution in [0.2, 0.25) is 0 Å². The summed E-state index contributed by atoms with van der Waals surface area (Å²) in [5.41, 5.74) is 5.83. The first-order chi connectivity index (χ1) is 7.19. The molecule has 0 aliphatic carbocycles. The Morgan fingerprint density at radius 1 is 1.87 bits per heavy atom. The summed E-state index contributed by atoms with van der Waals surface area (Å²) in [6, 6.07) is -0.253. The maximum Gasteiger partial charge on any atom is 0.257 e. The van der Waals surface area contributed by atoms with Gasteiger partial charge in [-0.3, -0.25) is 9.89 Å². The van der Waals surface area contributed by atoms with E-state index in [4.69, 9.17) is 12.2 Å². The van der Waals surface area contributed by atoms with E-state index < -0.39 is 0 Å². The van der Waals surface area contributed by atoms with Gasteiger partial charge in [0.2, 0.25) is 0 Å². The highest BCUT2D eigenvalue weighted by Gasteiger charge is 2.14. The molecule has 0 aromatic carbocycles. The Morgan fingerprint density at radius 2 is 2.60 bits per heavy atom. The van der Waals surface area contributed by atoms with Crippen molar-refractivity contribution in [3.63, 3.8) is 0 Å². The molecule has 0 fully saturated rings. The van der Waals surface area contributed by atoms with Crippen LogP contribution in [0.25, 0.3) is 0 Å². The normalized spacial score (nSPS) is 11.7. The lowest BCUT2D eigenvalue weighted by atomic mass is 10.1. The van der Waals surface area contributed by atoms with E-state index in [0.717, 1.165) is 12.8 Å². The maximum absolute atomic E-state index is 11.6. The van der Waals surface area contributed by atoms with Crippen molar-refractivity contribution in [3.05, 3.63) is 11.8 Å². The SMILES string of the molecule is C#CC(CCC)NC(=O)c1cn[nH]c1N. The average molecular weight is 206 g/mol. The van der Waals surface area contributed by atoms with Crippen molar-refractivity contribution in [1.82, 2.24) is 15.5 Å². The quantitative estimate of drug-likeness (QED) is 0.628. The topological polar surface area (TPSA) is 83.8 Å². The molecule has 0 radical (unpaired) electrons. The summed E-state index contributed by atoms with van der Waals surface area (Å²) in [6.07, 6.45) is 8.32. The van der Waals surface area contributed by atoms with Crippen LogP contribution in [-0.4, -0.2) is 22.1 Å². The summed E-state index contributed by atoms with van der Waals surface area (Å²) in [4.78, 5) is 11.6. The second-order valence-corrected chi connectivity index (χ2v) is 3.18. The fourth-order valence-corrected chi connectivity index (χ4v) is 1.20. The number of nitrogen functional groups attached to an aromatic ring is 1. The van der Waals surface area contributed by atoms with E-state index in [1.165, 1.54) is 6.20 Å². The zero-order valence-electron chi connectivity index (χ0n) is 8.58. The van der Waals surface area contributed by atoms with Crippen molar-refractivity contribution in [1.29, 1.82) is 0 Å². The highest BCUT2D eigenvalue weighted by Crippen LogP contribution is 2.06. The third kappa shape index (κ3) is 2.74. The van der Waals surface area contributed by atoms with Gasteiger partial charge in [0, 0.05) is 0 Å². The van der Waals surface area contributed by atoms with Gasteiger partial charge in [-0.05, 0) is 6.42 Å². The first kappa shape index (κ1) is 11.1. The molecule has 0 spiro atoms. The fourth-order valence-electron chi connectivity index (χ4n) is 1.20. The summed E-state index contributed by atoms with van der Waals surface area (Å²) < 4.78 is 0. The zero-order chi connectivity index (χ0) is 11.3. The van der Waals surface area contributed by atoms with E-state index in [1.54, 1.807) is 0 Å². The van der Waals surface area contributed by atoms with E-state index in [0.29, 0.717) is 5.56 Å². The second-order valence-electron chi connectivity index (χ2n) is 3.18. The van der Waals surface area contributed by atoms with Gasteiger partial charge in [-0.2, -0.15) is 5.10 Å². The monoisotopic (exact) mass is 206 g/mol. The maximum atomic E-state index is 11.6. The van der Waals surface area contributed by atoms with Crippen molar-refractivity contribution in [2.75, 3.05) is 5.73 Å². The number of terminal acetylenes is 1. The lowest BCUT2D eigenvalue weighted by Gasteiger charge is -2.10. The Bertz CT molecular complexity index is 377. The fraction of sp³-hybridized carbons (Fsp3) is 0.400. The van der Waals surface area contributed by atoms with Gasteiger partial charge in [-0.25, -0.2) is 0 Å². The minimum atomic E-state index is -0.294. The van der Waals surface area contributed by atoms with Crippen LogP contribution in [0.3, 0.4) is 0 Å². The Kier molecular flexibility index (Phi) is 3.75. The minimum absolute atomic E-state index is 0.250. The van der Waals surface area contributed by atoms with Crippen molar-refractivity contribution >= 4 is 11.7 Å². The van der Waals surface area contributed by atoms with Gasteiger partial charge in [0.25, 0.3) is 5.91 Å². The van der Waals surface area contributed by atoms with Gasteiger partial charge in [0.05, 0.1) is 12.2 Å². The Hall–Kier alpha value is -1.96. The minimum Gasteiger partial charge on any atom is -0.383 e. The molecular weight excluding hydrogens is 192 g/mol. The number of aromatic nitrogens is 2. The number of hydrogen-bond donors (Lipinski definition) is 3. The summed E-state index contributed by atoms with van der Waals surface area (Å²) >= 11 is 0. The van der Waals surface area contributed by atoms with E-state index in [1.807, 2.05) is 6.92 Å². The molecule has 1 heterocycles. The number of H-pyrrole nitrogens is 1. The van der Waals surface area contributed by atoms with Crippen molar-refractivity contribution in [3.8, 4) is 12.3 Å².